The average Bonchev–Trinajstić information content (AvgIpc) is 3.07. The SMILES string of the molecule is CC/C=C/C/C=C/C/C=C/C/C=C/CCCCCCCCCC(=O)OC(CO)COC(=O)CC/C=C/C/C=C/CCCCCCCC. The van der Waals surface area contributed by atoms with Gasteiger partial charge in [-0.3, -0.25) is 9.59 Å². The maximum absolute atomic E-state index is 12.2. The number of ether oxygens (including phenoxy) is 2. The molecule has 0 saturated heterocycles. The molecule has 0 heterocycles. The van der Waals surface area contributed by atoms with E-state index in [0.717, 1.165) is 64.2 Å². The van der Waals surface area contributed by atoms with Gasteiger partial charge < -0.3 is 14.6 Å². The standard InChI is InChI=1S/C42H70O5/c1-3-5-7-9-11-13-15-17-18-19-20-21-22-23-25-27-29-31-33-35-37-42(45)47-40(38-43)39-46-41(44)36-34-32-30-28-26-24-16-14-12-10-8-6-4-2/h5,7,11,13,17-18,20-21,24,26,30,32,40,43H,3-4,6,8-10,12,14-16,19,22-23,25,27-29,31,33-39H2,1-2H3/b7-5+,13-11+,18-17+,21-20+,26-24+,32-30+. The summed E-state index contributed by atoms with van der Waals surface area (Å²) in [5.41, 5.74) is 0. The molecule has 0 fully saturated rings. The number of esters is 2. The molecule has 0 aromatic carbocycles. The summed E-state index contributed by atoms with van der Waals surface area (Å²) >= 11 is 0. The number of rotatable bonds is 33. The van der Waals surface area contributed by atoms with Gasteiger partial charge in [-0.05, 0) is 70.6 Å². The monoisotopic (exact) mass is 655 g/mol. The molecule has 0 aliphatic heterocycles. The number of aliphatic hydroxyl groups is 1. The van der Waals surface area contributed by atoms with Gasteiger partial charge in [0.25, 0.3) is 0 Å². The Morgan fingerprint density at radius 1 is 0.511 bits per heavy atom. The van der Waals surface area contributed by atoms with E-state index in [2.05, 4.69) is 80.7 Å². The molecule has 0 aromatic heterocycles. The quantitative estimate of drug-likeness (QED) is 0.0433. The molecule has 0 spiro atoms. The third kappa shape index (κ3) is 36.0. The minimum atomic E-state index is -0.802. The van der Waals surface area contributed by atoms with Crippen molar-refractivity contribution in [2.75, 3.05) is 13.2 Å². The largest absolute Gasteiger partial charge is 0.462 e. The van der Waals surface area contributed by atoms with Crippen LogP contribution in [0.3, 0.4) is 0 Å². The number of unbranched alkanes of at least 4 members (excludes halogenated alkanes) is 13. The molecule has 268 valence electrons. The third-order valence-electron chi connectivity index (χ3n) is 7.75. The van der Waals surface area contributed by atoms with Crippen molar-refractivity contribution < 1.29 is 24.2 Å². The summed E-state index contributed by atoms with van der Waals surface area (Å²) in [5.74, 6) is -0.688. The highest BCUT2D eigenvalue weighted by molar-refractivity contribution is 5.70. The number of carbonyl (C=O) groups is 2. The average molecular weight is 655 g/mol. The van der Waals surface area contributed by atoms with E-state index >= 15 is 0 Å². The smallest absolute Gasteiger partial charge is 0.306 e. The van der Waals surface area contributed by atoms with Crippen molar-refractivity contribution in [2.45, 2.75) is 168 Å². The van der Waals surface area contributed by atoms with Gasteiger partial charge in [-0.15, -0.1) is 0 Å². The molecule has 5 heteroatoms. The van der Waals surface area contributed by atoms with Gasteiger partial charge in [0.05, 0.1) is 6.61 Å². The van der Waals surface area contributed by atoms with Crippen LogP contribution < -0.4 is 0 Å². The molecule has 0 aliphatic rings. The second kappa shape index (κ2) is 37.8. The molecular weight excluding hydrogens is 584 g/mol. The van der Waals surface area contributed by atoms with E-state index in [9.17, 15) is 14.7 Å². The van der Waals surface area contributed by atoms with Gasteiger partial charge in [0.1, 0.15) is 6.61 Å². The van der Waals surface area contributed by atoms with Crippen LogP contribution in [0.1, 0.15) is 162 Å². The minimum absolute atomic E-state index is 0.104. The summed E-state index contributed by atoms with van der Waals surface area (Å²) < 4.78 is 10.5. The molecule has 5 nitrogen and oxygen atoms in total. The van der Waals surface area contributed by atoms with Gasteiger partial charge in [0, 0.05) is 12.8 Å². The lowest BCUT2D eigenvalue weighted by Crippen LogP contribution is -2.28. The van der Waals surface area contributed by atoms with Crippen molar-refractivity contribution in [1.82, 2.24) is 0 Å². The molecule has 0 aromatic rings. The van der Waals surface area contributed by atoms with E-state index in [1.807, 2.05) is 6.08 Å². The zero-order chi connectivity index (χ0) is 34.3. The highest BCUT2D eigenvalue weighted by atomic mass is 16.6. The fourth-order valence-electron chi connectivity index (χ4n) is 4.89. The van der Waals surface area contributed by atoms with Crippen LogP contribution in [0.15, 0.2) is 72.9 Å². The van der Waals surface area contributed by atoms with Crippen molar-refractivity contribution in [3.05, 3.63) is 72.9 Å². The Labute approximate surface area is 289 Å². The summed E-state index contributed by atoms with van der Waals surface area (Å²) in [5, 5.41) is 9.53. The second-order valence-corrected chi connectivity index (χ2v) is 12.3. The van der Waals surface area contributed by atoms with Crippen LogP contribution in [-0.2, 0) is 19.1 Å². The van der Waals surface area contributed by atoms with Crippen LogP contribution in [-0.4, -0.2) is 36.4 Å². The summed E-state index contributed by atoms with van der Waals surface area (Å²) in [6.45, 7) is 3.94. The van der Waals surface area contributed by atoms with Gasteiger partial charge in [0.15, 0.2) is 6.10 Å². The number of allylic oxidation sites excluding steroid dienone is 12. The number of hydrogen-bond donors (Lipinski definition) is 1. The first-order chi connectivity index (χ1) is 23.1. The van der Waals surface area contributed by atoms with Crippen molar-refractivity contribution in [1.29, 1.82) is 0 Å². The topological polar surface area (TPSA) is 72.8 Å². The molecule has 0 rings (SSSR count). The second-order valence-electron chi connectivity index (χ2n) is 12.3. The van der Waals surface area contributed by atoms with E-state index in [-0.39, 0.29) is 31.6 Å². The predicted molar refractivity (Wildman–Crippen MR) is 200 cm³/mol. The summed E-state index contributed by atoms with van der Waals surface area (Å²) in [7, 11) is 0. The molecule has 0 aliphatic carbocycles. The van der Waals surface area contributed by atoms with Gasteiger partial charge in [0.2, 0.25) is 0 Å². The molecule has 0 radical (unpaired) electrons. The Balaban J connectivity index is 3.67. The maximum atomic E-state index is 12.2. The minimum Gasteiger partial charge on any atom is -0.462 e. The van der Waals surface area contributed by atoms with Gasteiger partial charge >= 0.3 is 11.9 Å². The van der Waals surface area contributed by atoms with Gasteiger partial charge in [-0.2, -0.15) is 0 Å². The number of carbonyl (C=O) groups excluding carboxylic acids is 2. The third-order valence-corrected chi connectivity index (χ3v) is 7.75. The van der Waals surface area contributed by atoms with E-state index < -0.39 is 6.10 Å². The molecule has 1 unspecified atom stereocenters. The normalized spacial score (nSPS) is 13.0. The van der Waals surface area contributed by atoms with E-state index in [1.54, 1.807) is 0 Å². The summed E-state index contributed by atoms with van der Waals surface area (Å²) in [6.07, 6.45) is 49.7. The Kier molecular flexibility index (Phi) is 35.7. The first-order valence-corrected chi connectivity index (χ1v) is 19.0. The zero-order valence-electron chi connectivity index (χ0n) is 30.3. The summed E-state index contributed by atoms with van der Waals surface area (Å²) in [4.78, 5) is 24.2. The molecule has 1 N–H and O–H groups in total. The first kappa shape index (κ1) is 44.3. The molecule has 0 saturated carbocycles. The molecule has 0 amide bonds. The molecule has 0 bridgehead atoms. The highest BCUT2D eigenvalue weighted by Gasteiger charge is 2.15. The van der Waals surface area contributed by atoms with Gasteiger partial charge in [-0.1, -0.05) is 151 Å². The fourth-order valence-corrected chi connectivity index (χ4v) is 4.89. The first-order valence-electron chi connectivity index (χ1n) is 19.0. The van der Waals surface area contributed by atoms with E-state index in [4.69, 9.17) is 9.47 Å². The highest BCUT2D eigenvalue weighted by Crippen LogP contribution is 2.12. The van der Waals surface area contributed by atoms with Crippen molar-refractivity contribution in [3.63, 3.8) is 0 Å². The lowest BCUT2D eigenvalue weighted by atomic mass is 10.1. The number of hydrogen-bond acceptors (Lipinski definition) is 5. The van der Waals surface area contributed by atoms with Crippen molar-refractivity contribution in [2.24, 2.45) is 0 Å². The maximum Gasteiger partial charge on any atom is 0.306 e. The van der Waals surface area contributed by atoms with Gasteiger partial charge in [-0.25, -0.2) is 0 Å². The Hall–Kier alpha value is -2.66. The lowest BCUT2D eigenvalue weighted by molar-refractivity contribution is -0.161. The van der Waals surface area contributed by atoms with Crippen molar-refractivity contribution >= 4 is 11.9 Å². The zero-order valence-corrected chi connectivity index (χ0v) is 30.3. The Morgan fingerprint density at radius 2 is 0.957 bits per heavy atom. The predicted octanol–water partition coefficient (Wildman–Crippen LogP) is 11.8. The van der Waals surface area contributed by atoms with Crippen LogP contribution in [0.2, 0.25) is 0 Å². The Morgan fingerprint density at radius 3 is 1.47 bits per heavy atom. The fraction of sp³-hybridized carbons (Fsp3) is 0.667. The lowest BCUT2D eigenvalue weighted by Gasteiger charge is -2.15. The molecule has 47 heavy (non-hydrogen) atoms. The van der Waals surface area contributed by atoms with Crippen LogP contribution in [0, 0.1) is 0 Å². The van der Waals surface area contributed by atoms with Crippen LogP contribution in [0.4, 0.5) is 0 Å². The van der Waals surface area contributed by atoms with Crippen LogP contribution in [0.25, 0.3) is 0 Å². The van der Waals surface area contributed by atoms with E-state index in [1.165, 1.54) is 64.2 Å². The van der Waals surface area contributed by atoms with Crippen LogP contribution in [0.5, 0.6) is 0 Å². The molecular formula is C42H70O5. The van der Waals surface area contributed by atoms with E-state index in [0.29, 0.717) is 12.8 Å². The van der Waals surface area contributed by atoms with Crippen molar-refractivity contribution in [3.8, 4) is 0 Å². The van der Waals surface area contributed by atoms with Crippen LogP contribution >= 0.6 is 0 Å². The number of aliphatic hydroxyl groups excluding tert-OH is 1. The molecule has 1 atom stereocenters. The summed E-state index contributed by atoms with van der Waals surface area (Å²) in [6, 6.07) is 0. The Bertz CT molecular complexity index is 879.